The Balaban J connectivity index is 1.40. The zero-order valence-electron chi connectivity index (χ0n) is 19.5. The van der Waals surface area contributed by atoms with E-state index in [1.54, 1.807) is 0 Å². The van der Waals surface area contributed by atoms with Crippen LogP contribution in [0.2, 0.25) is 0 Å². The number of hydrogen-bond donors (Lipinski definition) is 3. The van der Waals surface area contributed by atoms with E-state index < -0.39 is 0 Å². The highest BCUT2D eigenvalue weighted by atomic mass is 16.5. The van der Waals surface area contributed by atoms with Crippen molar-refractivity contribution in [1.82, 2.24) is 30.2 Å². The van der Waals surface area contributed by atoms with Crippen LogP contribution in [0.5, 0.6) is 5.88 Å². The summed E-state index contributed by atoms with van der Waals surface area (Å²) in [4.78, 5) is 11.5. The minimum atomic E-state index is 0.0758. The smallest absolute Gasteiger partial charge is 0.230 e. The van der Waals surface area contributed by atoms with E-state index in [-0.39, 0.29) is 6.10 Å². The third kappa shape index (κ3) is 4.95. The van der Waals surface area contributed by atoms with Crippen LogP contribution in [0.1, 0.15) is 68.5 Å². The summed E-state index contributed by atoms with van der Waals surface area (Å²) in [6.45, 7) is 6.54. The number of piperidine rings is 1. The van der Waals surface area contributed by atoms with E-state index in [0.717, 1.165) is 43.0 Å². The van der Waals surface area contributed by atoms with Crippen molar-refractivity contribution in [1.29, 1.82) is 0 Å². The topological polar surface area (TPSA) is 131 Å². The number of nitrogens with zero attached hydrogens (tertiary/aromatic N) is 5. The van der Waals surface area contributed by atoms with Crippen molar-refractivity contribution in [3.05, 3.63) is 29.3 Å². The van der Waals surface area contributed by atoms with Gasteiger partial charge >= 0.3 is 0 Å². The third-order valence-corrected chi connectivity index (χ3v) is 6.31. The summed E-state index contributed by atoms with van der Waals surface area (Å²) in [7, 11) is 2.13. The molecule has 1 saturated carbocycles. The normalized spacial score (nSPS) is 17.6. The average molecular weight is 453 g/mol. The van der Waals surface area contributed by atoms with Gasteiger partial charge in [-0.15, -0.1) is 0 Å². The summed E-state index contributed by atoms with van der Waals surface area (Å²) < 4.78 is 11.8. The van der Waals surface area contributed by atoms with Crippen LogP contribution in [0.3, 0.4) is 0 Å². The molecule has 1 saturated heterocycles. The van der Waals surface area contributed by atoms with Crippen molar-refractivity contribution >= 4 is 11.8 Å². The first-order chi connectivity index (χ1) is 16.0. The Morgan fingerprint density at radius 2 is 2.00 bits per heavy atom. The van der Waals surface area contributed by atoms with Crippen LogP contribution in [-0.4, -0.2) is 56.5 Å². The quantitative estimate of drug-likeness (QED) is 0.470. The van der Waals surface area contributed by atoms with Gasteiger partial charge < -0.3 is 25.2 Å². The second-order valence-corrected chi connectivity index (χ2v) is 9.44. The van der Waals surface area contributed by atoms with Crippen molar-refractivity contribution in [3.8, 4) is 17.1 Å². The molecule has 33 heavy (non-hydrogen) atoms. The summed E-state index contributed by atoms with van der Waals surface area (Å²) >= 11 is 0. The van der Waals surface area contributed by atoms with Crippen molar-refractivity contribution in [3.63, 3.8) is 0 Å². The Morgan fingerprint density at radius 3 is 2.70 bits per heavy atom. The first-order valence-electron chi connectivity index (χ1n) is 11.7. The number of nitrogens with one attached hydrogen (secondary N) is 2. The number of nitrogens with two attached hydrogens (primary N) is 1. The van der Waals surface area contributed by atoms with Crippen molar-refractivity contribution in [2.45, 2.75) is 64.0 Å². The predicted molar refractivity (Wildman–Crippen MR) is 125 cm³/mol. The molecule has 1 aliphatic heterocycles. The van der Waals surface area contributed by atoms with E-state index in [2.05, 4.69) is 51.4 Å². The van der Waals surface area contributed by atoms with Gasteiger partial charge in [-0.1, -0.05) is 19.0 Å². The summed E-state index contributed by atoms with van der Waals surface area (Å²) in [5.41, 5.74) is 9.84. The van der Waals surface area contributed by atoms with Gasteiger partial charge in [-0.05, 0) is 44.7 Å². The number of likely N-dealkylation sites (tertiary alicyclic amines) is 1. The number of aromatic nitrogens is 5. The predicted octanol–water partition coefficient (Wildman–Crippen LogP) is 3.52. The Bertz CT molecular complexity index is 1100. The van der Waals surface area contributed by atoms with Gasteiger partial charge in [0.2, 0.25) is 11.8 Å². The molecule has 3 aromatic rings. The molecule has 5 rings (SSSR count). The van der Waals surface area contributed by atoms with Gasteiger partial charge in [0.15, 0.2) is 5.76 Å². The number of rotatable bonds is 8. The molecule has 4 heterocycles. The molecule has 0 spiro atoms. The zero-order chi connectivity index (χ0) is 22.9. The molecule has 10 nitrogen and oxygen atoms in total. The van der Waals surface area contributed by atoms with Crippen molar-refractivity contribution in [2.75, 3.05) is 31.2 Å². The molecular formula is C23H32N8O2. The summed E-state index contributed by atoms with van der Waals surface area (Å²) in [6.07, 6.45) is 4.33. The molecule has 2 aliphatic rings. The van der Waals surface area contributed by atoms with Gasteiger partial charge in [-0.2, -0.15) is 15.1 Å². The lowest BCUT2D eigenvalue weighted by Gasteiger charge is -2.29. The fraction of sp³-hybridized carbons (Fsp3) is 0.565. The second-order valence-electron chi connectivity index (χ2n) is 9.44. The highest BCUT2D eigenvalue weighted by molar-refractivity contribution is 5.77. The van der Waals surface area contributed by atoms with Gasteiger partial charge in [0.05, 0.1) is 12.2 Å². The largest absolute Gasteiger partial charge is 0.474 e. The summed E-state index contributed by atoms with van der Waals surface area (Å²) in [5, 5.41) is 14.9. The SMILES string of the molecule is CC(C)c1cc(CNc2nc(N)c(-c3cc(C4CC4)[nH]n3)c(OC3CCN(C)CC3)n2)on1. The maximum atomic E-state index is 6.43. The fourth-order valence-electron chi connectivity index (χ4n) is 4.04. The number of nitrogen functional groups attached to an aromatic ring is 1. The van der Waals surface area contributed by atoms with E-state index in [4.69, 9.17) is 20.0 Å². The molecule has 4 N–H and O–H groups in total. The molecule has 3 aromatic heterocycles. The Hall–Kier alpha value is -3.14. The van der Waals surface area contributed by atoms with Gasteiger partial charge in [-0.3, -0.25) is 5.10 Å². The molecular weight excluding hydrogens is 420 g/mol. The Labute approximate surface area is 193 Å². The first-order valence-corrected chi connectivity index (χ1v) is 11.7. The molecule has 176 valence electrons. The van der Waals surface area contributed by atoms with Crippen LogP contribution in [0.15, 0.2) is 16.7 Å². The molecule has 0 bridgehead atoms. The van der Waals surface area contributed by atoms with Crippen LogP contribution in [-0.2, 0) is 6.54 Å². The van der Waals surface area contributed by atoms with E-state index in [1.807, 2.05) is 12.1 Å². The molecule has 0 aromatic carbocycles. The van der Waals surface area contributed by atoms with E-state index >= 15 is 0 Å². The highest BCUT2D eigenvalue weighted by Gasteiger charge is 2.28. The first kappa shape index (κ1) is 21.7. The maximum Gasteiger partial charge on any atom is 0.230 e. The fourth-order valence-corrected chi connectivity index (χ4v) is 4.04. The Kier molecular flexibility index (Phi) is 5.92. The molecule has 0 atom stereocenters. The lowest BCUT2D eigenvalue weighted by atomic mass is 10.1. The number of H-pyrrole nitrogens is 1. The average Bonchev–Trinajstić information content (AvgIpc) is 3.32. The third-order valence-electron chi connectivity index (χ3n) is 6.31. The van der Waals surface area contributed by atoms with Crippen molar-refractivity contribution < 1.29 is 9.26 Å². The van der Waals surface area contributed by atoms with E-state index in [9.17, 15) is 0 Å². The number of hydrogen-bond acceptors (Lipinski definition) is 9. The Morgan fingerprint density at radius 1 is 1.21 bits per heavy atom. The lowest BCUT2D eigenvalue weighted by Crippen LogP contribution is -2.36. The van der Waals surface area contributed by atoms with Crippen LogP contribution in [0.25, 0.3) is 11.3 Å². The highest BCUT2D eigenvalue weighted by Crippen LogP contribution is 2.41. The van der Waals surface area contributed by atoms with Gasteiger partial charge in [0, 0.05) is 30.8 Å². The lowest BCUT2D eigenvalue weighted by molar-refractivity contribution is 0.110. The van der Waals surface area contributed by atoms with Crippen LogP contribution < -0.4 is 15.8 Å². The minimum Gasteiger partial charge on any atom is -0.474 e. The zero-order valence-corrected chi connectivity index (χ0v) is 19.5. The molecule has 2 fully saturated rings. The molecule has 0 radical (unpaired) electrons. The summed E-state index contributed by atoms with van der Waals surface area (Å²) in [5.74, 6) is 2.77. The molecule has 0 unspecified atom stereocenters. The molecule has 0 amide bonds. The second kappa shape index (κ2) is 9.01. The molecule has 10 heteroatoms. The standard InChI is InChI=1S/C23H32N8O2/c1-13(2)17-10-16(33-30-17)12-25-23-26-21(24)20(19-11-18(28-29-19)14-4-5-14)22(27-23)32-15-6-8-31(3)9-7-15/h10-11,13-15H,4-9,12H2,1-3H3,(H,28,29)(H3,24,25,26,27). The number of aromatic amines is 1. The van der Waals surface area contributed by atoms with Gasteiger partial charge in [0.1, 0.15) is 23.2 Å². The van der Waals surface area contributed by atoms with Crippen LogP contribution in [0, 0.1) is 0 Å². The number of ether oxygens (including phenoxy) is 1. The molecule has 1 aliphatic carbocycles. The van der Waals surface area contributed by atoms with Gasteiger partial charge in [-0.25, -0.2) is 0 Å². The van der Waals surface area contributed by atoms with Crippen LogP contribution in [0.4, 0.5) is 11.8 Å². The minimum absolute atomic E-state index is 0.0758. The maximum absolute atomic E-state index is 6.43. The van der Waals surface area contributed by atoms with Gasteiger partial charge in [0.25, 0.3) is 0 Å². The number of anilines is 2. The van der Waals surface area contributed by atoms with E-state index in [0.29, 0.717) is 47.4 Å². The van der Waals surface area contributed by atoms with Crippen molar-refractivity contribution in [2.24, 2.45) is 0 Å². The van der Waals surface area contributed by atoms with E-state index in [1.165, 1.54) is 12.8 Å². The monoisotopic (exact) mass is 452 g/mol. The summed E-state index contributed by atoms with van der Waals surface area (Å²) in [6, 6.07) is 3.98. The van der Waals surface area contributed by atoms with Crippen LogP contribution >= 0.6 is 0 Å².